The molecule has 3 N–H and O–H groups in total. The van der Waals surface area contributed by atoms with E-state index in [1.807, 2.05) is 26.0 Å². The summed E-state index contributed by atoms with van der Waals surface area (Å²) < 4.78 is 0. The highest BCUT2D eigenvalue weighted by Gasteiger charge is 2.20. The van der Waals surface area contributed by atoms with Crippen molar-refractivity contribution in [2.24, 2.45) is 0 Å². The number of hydrogen-bond donors (Lipinski definition) is 2. The van der Waals surface area contributed by atoms with Gasteiger partial charge in [-0.05, 0) is 26.0 Å². The lowest BCUT2D eigenvalue weighted by Crippen LogP contribution is -2.37. The fourth-order valence-corrected chi connectivity index (χ4v) is 2.21. The number of nitrogen functional groups attached to an aromatic ring is 1. The lowest BCUT2D eigenvalue weighted by molar-refractivity contribution is 0.0705. The van der Waals surface area contributed by atoms with Crippen molar-refractivity contribution in [3.05, 3.63) is 30.0 Å². The number of anilines is 1. The third-order valence-electron chi connectivity index (χ3n) is 3.27. The molecule has 1 heterocycles. The van der Waals surface area contributed by atoms with Gasteiger partial charge in [0.1, 0.15) is 5.69 Å². The van der Waals surface area contributed by atoms with Crippen LogP contribution >= 0.6 is 0 Å². The molecule has 104 valence electrons. The van der Waals surface area contributed by atoms with Crippen molar-refractivity contribution in [1.82, 2.24) is 9.88 Å². The van der Waals surface area contributed by atoms with E-state index in [9.17, 15) is 4.79 Å². The fourth-order valence-electron chi connectivity index (χ4n) is 2.21. The van der Waals surface area contributed by atoms with Crippen molar-refractivity contribution in [3.8, 4) is 6.07 Å². The summed E-state index contributed by atoms with van der Waals surface area (Å²) in [6.07, 6.45) is 0.326. The molecule has 0 fully saturated rings. The van der Waals surface area contributed by atoms with Crippen molar-refractivity contribution in [3.63, 3.8) is 0 Å². The van der Waals surface area contributed by atoms with E-state index in [-0.39, 0.29) is 11.9 Å². The zero-order valence-corrected chi connectivity index (χ0v) is 11.7. The molecule has 0 unspecified atom stereocenters. The third kappa shape index (κ3) is 2.59. The van der Waals surface area contributed by atoms with E-state index in [0.717, 1.165) is 10.9 Å². The first-order valence-electron chi connectivity index (χ1n) is 6.59. The molecule has 2 rings (SSSR count). The Balaban J connectivity index is 2.34. The Morgan fingerprint density at radius 3 is 2.85 bits per heavy atom. The molecule has 1 amide bonds. The Labute approximate surface area is 118 Å². The lowest BCUT2D eigenvalue weighted by atomic mass is 10.2. The SMILES string of the molecule is CC(C)N(CCC#N)C(=O)c1cc2cccc(N)c2[nH]1. The van der Waals surface area contributed by atoms with Gasteiger partial charge in [0.15, 0.2) is 0 Å². The Morgan fingerprint density at radius 1 is 1.50 bits per heavy atom. The zero-order valence-electron chi connectivity index (χ0n) is 11.7. The van der Waals surface area contributed by atoms with Gasteiger partial charge in [0.05, 0.1) is 23.7 Å². The van der Waals surface area contributed by atoms with Gasteiger partial charge in [-0.3, -0.25) is 4.79 Å². The Bertz CT molecular complexity index is 666. The zero-order chi connectivity index (χ0) is 14.7. The van der Waals surface area contributed by atoms with Crippen molar-refractivity contribution < 1.29 is 4.79 Å². The highest BCUT2D eigenvalue weighted by Crippen LogP contribution is 2.22. The number of H-pyrrole nitrogens is 1. The number of aromatic amines is 1. The monoisotopic (exact) mass is 270 g/mol. The summed E-state index contributed by atoms with van der Waals surface area (Å²) in [5.74, 6) is -0.106. The van der Waals surface area contributed by atoms with E-state index in [0.29, 0.717) is 24.3 Å². The normalized spacial score (nSPS) is 10.7. The van der Waals surface area contributed by atoms with E-state index < -0.39 is 0 Å². The van der Waals surface area contributed by atoms with Gasteiger partial charge in [-0.2, -0.15) is 5.26 Å². The number of para-hydroxylation sites is 1. The number of nitrogens with zero attached hydrogens (tertiary/aromatic N) is 2. The number of nitrogens with two attached hydrogens (primary N) is 1. The van der Waals surface area contributed by atoms with Crippen LogP contribution in [0.25, 0.3) is 10.9 Å². The molecular weight excluding hydrogens is 252 g/mol. The molecule has 5 nitrogen and oxygen atoms in total. The molecule has 2 aromatic rings. The first kappa shape index (κ1) is 13.9. The average Bonchev–Trinajstić information content (AvgIpc) is 2.84. The van der Waals surface area contributed by atoms with Crippen LogP contribution in [0.5, 0.6) is 0 Å². The van der Waals surface area contributed by atoms with Crippen LogP contribution in [-0.2, 0) is 0 Å². The minimum atomic E-state index is -0.106. The number of aromatic nitrogens is 1. The van der Waals surface area contributed by atoms with Crippen molar-refractivity contribution in [1.29, 1.82) is 5.26 Å². The number of carbonyl (C=O) groups excluding carboxylic acids is 1. The number of nitriles is 1. The maximum Gasteiger partial charge on any atom is 0.270 e. The standard InChI is InChI=1S/C15H18N4O/c1-10(2)19(8-4-7-16)15(20)13-9-11-5-3-6-12(17)14(11)18-13/h3,5-6,9-10,18H,4,8,17H2,1-2H3. The van der Waals surface area contributed by atoms with Crippen LogP contribution in [0.4, 0.5) is 5.69 Å². The quantitative estimate of drug-likeness (QED) is 0.837. The molecule has 0 aliphatic heterocycles. The molecule has 20 heavy (non-hydrogen) atoms. The molecule has 0 saturated carbocycles. The molecule has 0 aliphatic rings. The van der Waals surface area contributed by atoms with Crippen LogP contribution in [0.1, 0.15) is 30.8 Å². The predicted molar refractivity (Wildman–Crippen MR) is 79.1 cm³/mol. The number of nitrogens with one attached hydrogen (secondary N) is 1. The van der Waals surface area contributed by atoms with Crippen LogP contribution in [-0.4, -0.2) is 28.4 Å². The van der Waals surface area contributed by atoms with Crippen molar-refractivity contribution in [2.45, 2.75) is 26.3 Å². The van der Waals surface area contributed by atoms with Crippen LogP contribution in [0.3, 0.4) is 0 Å². The maximum absolute atomic E-state index is 12.5. The molecular formula is C15H18N4O. The minimum Gasteiger partial charge on any atom is -0.397 e. The topological polar surface area (TPSA) is 85.9 Å². The van der Waals surface area contributed by atoms with Crippen LogP contribution in [0.2, 0.25) is 0 Å². The summed E-state index contributed by atoms with van der Waals surface area (Å²) in [6.45, 7) is 4.30. The smallest absolute Gasteiger partial charge is 0.270 e. The third-order valence-corrected chi connectivity index (χ3v) is 3.27. The summed E-state index contributed by atoms with van der Waals surface area (Å²) in [4.78, 5) is 17.3. The number of rotatable bonds is 4. The first-order chi connectivity index (χ1) is 9.54. The second-order valence-corrected chi connectivity index (χ2v) is 4.99. The molecule has 0 bridgehead atoms. The number of amides is 1. The van der Waals surface area contributed by atoms with E-state index >= 15 is 0 Å². The van der Waals surface area contributed by atoms with Gasteiger partial charge < -0.3 is 15.6 Å². The molecule has 0 atom stereocenters. The van der Waals surface area contributed by atoms with Gasteiger partial charge in [0, 0.05) is 18.0 Å². The minimum absolute atomic E-state index is 0.0413. The molecule has 5 heteroatoms. The van der Waals surface area contributed by atoms with Gasteiger partial charge in [-0.1, -0.05) is 12.1 Å². The molecule has 1 aromatic heterocycles. The highest BCUT2D eigenvalue weighted by molar-refractivity contribution is 6.00. The largest absolute Gasteiger partial charge is 0.397 e. The summed E-state index contributed by atoms with van der Waals surface area (Å²) in [7, 11) is 0. The summed E-state index contributed by atoms with van der Waals surface area (Å²) in [5.41, 5.74) is 7.79. The van der Waals surface area contributed by atoms with Gasteiger partial charge >= 0.3 is 0 Å². The second kappa shape index (κ2) is 5.66. The van der Waals surface area contributed by atoms with Crippen LogP contribution in [0.15, 0.2) is 24.3 Å². The Hall–Kier alpha value is -2.48. The summed E-state index contributed by atoms with van der Waals surface area (Å²) in [5, 5.41) is 9.60. The van der Waals surface area contributed by atoms with E-state index in [2.05, 4.69) is 11.1 Å². The molecule has 0 radical (unpaired) electrons. The number of benzene rings is 1. The van der Waals surface area contributed by atoms with Gasteiger partial charge in [0.25, 0.3) is 5.91 Å². The first-order valence-corrected chi connectivity index (χ1v) is 6.59. The molecule has 0 aliphatic carbocycles. The van der Waals surface area contributed by atoms with Crippen molar-refractivity contribution >= 4 is 22.5 Å². The van der Waals surface area contributed by atoms with Crippen LogP contribution < -0.4 is 5.73 Å². The van der Waals surface area contributed by atoms with Crippen molar-refractivity contribution in [2.75, 3.05) is 12.3 Å². The summed E-state index contributed by atoms with van der Waals surface area (Å²) in [6, 6.07) is 9.48. The predicted octanol–water partition coefficient (Wildman–Crippen LogP) is 2.51. The summed E-state index contributed by atoms with van der Waals surface area (Å²) >= 11 is 0. The van der Waals surface area contributed by atoms with E-state index in [4.69, 9.17) is 11.0 Å². The molecule has 0 spiro atoms. The van der Waals surface area contributed by atoms with Crippen LogP contribution in [0, 0.1) is 11.3 Å². The molecule has 0 saturated heterocycles. The fraction of sp³-hybridized carbons (Fsp3) is 0.333. The van der Waals surface area contributed by atoms with Gasteiger partial charge in [0.2, 0.25) is 0 Å². The second-order valence-electron chi connectivity index (χ2n) is 4.99. The maximum atomic E-state index is 12.5. The Morgan fingerprint density at radius 2 is 2.25 bits per heavy atom. The molecule has 1 aromatic carbocycles. The lowest BCUT2D eigenvalue weighted by Gasteiger charge is -2.25. The highest BCUT2D eigenvalue weighted by atomic mass is 16.2. The number of hydrogen-bond acceptors (Lipinski definition) is 3. The Kier molecular flexibility index (Phi) is 3.94. The van der Waals surface area contributed by atoms with Gasteiger partial charge in [-0.15, -0.1) is 0 Å². The van der Waals surface area contributed by atoms with E-state index in [1.165, 1.54) is 0 Å². The number of fused-ring (bicyclic) bond motifs is 1. The van der Waals surface area contributed by atoms with Gasteiger partial charge in [-0.25, -0.2) is 0 Å². The number of carbonyl (C=O) groups is 1. The average molecular weight is 270 g/mol. The van der Waals surface area contributed by atoms with E-state index in [1.54, 1.807) is 17.0 Å².